The van der Waals surface area contributed by atoms with Crippen molar-refractivity contribution < 1.29 is 0 Å². The summed E-state index contributed by atoms with van der Waals surface area (Å²) in [6, 6.07) is 0. The lowest BCUT2D eigenvalue weighted by Gasteiger charge is -1.95. The van der Waals surface area contributed by atoms with Gasteiger partial charge in [-0.2, -0.15) is 0 Å². The zero-order valence-corrected chi connectivity index (χ0v) is 3.23. The van der Waals surface area contributed by atoms with Gasteiger partial charge < -0.3 is 4.90 Å². The fourth-order valence-corrected chi connectivity index (χ4v) is 0. The highest BCUT2D eigenvalue weighted by atomic mass is 15.1. The molecule has 1 N–H and O–H groups in total. The van der Waals surface area contributed by atoms with E-state index in [1.165, 1.54) is 4.90 Å². The molecule has 0 fully saturated rings. The van der Waals surface area contributed by atoms with Crippen LogP contribution in [0.1, 0.15) is 0 Å². The molecule has 0 aliphatic carbocycles. The van der Waals surface area contributed by atoms with Crippen LogP contribution in [-0.4, -0.2) is 18.3 Å². The van der Waals surface area contributed by atoms with Gasteiger partial charge in [0.25, 0.3) is 0 Å². The van der Waals surface area contributed by atoms with Gasteiger partial charge in [0.15, 0.2) is 0 Å². The van der Waals surface area contributed by atoms with Crippen molar-refractivity contribution in [3.05, 3.63) is 7.05 Å². The first-order valence-corrected chi connectivity index (χ1v) is 1.31. The van der Waals surface area contributed by atoms with Crippen LogP contribution in [-0.2, 0) is 0 Å². The van der Waals surface area contributed by atoms with Gasteiger partial charge in [-0.1, -0.05) is 0 Å². The normalized spacial score (nSPS) is 6.80. The third-order valence-electron chi connectivity index (χ3n) is 0.220. The molecule has 29 valence electrons. The van der Waals surface area contributed by atoms with Crippen LogP contribution < -0.4 is 0 Å². The maximum atomic E-state index is 6.40. The monoisotopic (exact) mass is 71.1 g/mol. The number of nitrogens with zero attached hydrogens (tertiary/aromatic N) is 1. The molecule has 0 bridgehead atoms. The first-order chi connectivity index (χ1) is 2.27. The van der Waals surface area contributed by atoms with Gasteiger partial charge in [-0.3, -0.25) is 5.41 Å². The van der Waals surface area contributed by atoms with Crippen LogP contribution in [0.4, 0.5) is 0 Å². The maximum absolute atomic E-state index is 6.40. The summed E-state index contributed by atoms with van der Waals surface area (Å²) >= 11 is 0. The lowest BCUT2D eigenvalue weighted by Crippen LogP contribution is -2.01. The molecule has 0 aromatic carbocycles. The summed E-state index contributed by atoms with van der Waals surface area (Å²) in [7, 11) is 5.05. The highest BCUT2D eigenvalue weighted by molar-refractivity contribution is 5.49. The highest BCUT2D eigenvalue weighted by Gasteiger charge is 1.64. The predicted molar refractivity (Wildman–Crippen MR) is 21.9 cm³/mol. The molecule has 2 nitrogen and oxygen atoms in total. The van der Waals surface area contributed by atoms with Crippen LogP contribution in [0.25, 0.3) is 0 Å². The Morgan fingerprint density at radius 1 is 2.00 bits per heavy atom. The van der Waals surface area contributed by atoms with E-state index in [1.807, 2.05) is 0 Å². The molecule has 0 aromatic rings. The van der Waals surface area contributed by atoms with E-state index in [0.717, 1.165) is 6.34 Å². The second-order valence-corrected chi connectivity index (χ2v) is 0.886. The first-order valence-electron chi connectivity index (χ1n) is 1.31. The third kappa shape index (κ3) is 3.47. The van der Waals surface area contributed by atoms with Gasteiger partial charge in [-0.15, -0.1) is 0 Å². The standard InChI is InChI=1S/C3H7N2/c1-5(2)3-4/h3-4H,1H2,2H3. The Balaban J connectivity index is 2.83. The number of hydrogen-bond donors (Lipinski definition) is 1. The van der Waals surface area contributed by atoms with Gasteiger partial charge in [-0.25, -0.2) is 0 Å². The zero-order valence-electron chi connectivity index (χ0n) is 3.23. The molecule has 0 saturated carbocycles. The highest BCUT2D eigenvalue weighted by Crippen LogP contribution is 1.58. The molecule has 0 saturated heterocycles. The van der Waals surface area contributed by atoms with Crippen LogP contribution in [0.15, 0.2) is 0 Å². The van der Waals surface area contributed by atoms with Crippen molar-refractivity contribution in [3.8, 4) is 0 Å². The second-order valence-electron chi connectivity index (χ2n) is 0.886. The van der Waals surface area contributed by atoms with Gasteiger partial charge in [0.2, 0.25) is 0 Å². The van der Waals surface area contributed by atoms with E-state index >= 15 is 0 Å². The average molecular weight is 71.1 g/mol. The molecule has 0 heterocycles. The SMILES string of the molecule is [CH2]N(C)C=N. The molecule has 0 aliphatic heterocycles. The van der Waals surface area contributed by atoms with Crippen LogP contribution in [0.5, 0.6) is 0 Å². The lowest BCUT2D eigenvalue weighted by molar-refractivity contribution is 0.699. The van der Waals surface area contributed by atoms with E-state index in [4.69, 9.17) is 5.41 Å². The van der Waals surface area contributed by atoms with Crippen molar-refractivity contribution >= 4 is 6.34 Å². The Kier molecular flexibility index (Phi) is 1.57. The average Bonchev–Trinajstić information content (AvgIpc) is 1.38. The Morgan fingerprint density at radius 2 is 2.20 bits per heavy atom. The molecule has 0 unspecified atom stereocenters. The Labute approximate surface area is 31.9 Å². The summed E-state index contributed by atoms with van der Waals surface area (Å²) in [5, 5.41) is 6.40. The summed E-state index contributed by atoms with van der Waals surface area (Å²) in [6.45, 7) is 0. The molecule has 2 heteroatoms. The van der Waals surface area contributed by atoms with Crippen LogP contribution >= 0.6 is 0 Å². The predicted octanol–water partition coefficient (Wildman–Crippen LogP) is 0.317. The number of rotatable bonds is 1. The summed E-state index contributed by atoms with van der Waals surface area (Å²) < 4.78 is 0. The molecular formula is C3H7N2. The van der Waals surface area contributed by atoms with Crippen LogP contribution in [0.2, 0.25) is 0 Å². The smallest absolute Gasteiger partial charge is 0.0815 e. The molecule has 0 rings (SSSR count). The summed E-state index contributed by atoms with van der Waals surface area (Å²) in [4.78, 5) is 1.42. The van der Waals surface area contributed by atoms with Crippen LogP contribution in [0.3, 0.4) is 0 Å². The second kappa shape index (κ2) is 1.76. The maximum Gasteiger partial charge on any atom is 0.0815 e. The van der Waals surface area contributed by atoms with Crippen LogP contribution in [0, 0.1) is 12.5 Å². The quantitative estimate of drug-likeness (QED) is 0.349. The van der Waals surface area contributed by atoms with E-state index in [-0.39, 0.29) is 0 Å². The fourth-order valence-electron chi connectivity index (χ4n) is 0. The van der Waals surface area contributed by atoms with Gasteiger partial charge in [0, 0.05) is 14.1 Å². The minimum atomic E-state index is 1.14. The van der Waals surface area contributed by atoms with Crippen molar-refractivity contribution in [2.75, 3.05) is 7.05 Å². The number of nitrogens with one attached hydrogen (secondary N) is 1. The molecule has 0 amide bonds. The molecule has 0 atom stereocenters. The molecule has 0 aromatic heterocycles. The largest absolute Gasteiger partial charge is 0.364 e. The van der Waals surface area contributed by atoms with Gasteiger partial charge in [0.1, 0.15) is 0 Å². The van der Waals surface area contributed by atoms with E-state index in [2.05, 4.69) is 7.05 Å². The molecular weight excluding hydrogens is 64.0 g/mol. The summed E-state index contributed by atoms with van der Waals surface area (Å²) in [6.07, 6.45) is 1.14. The topological polar surface area (TPSA) is 27.1 Å². The molecule has 1 radical (unpaired) electrons. The van der Waals surface area contributed by atoms with Crippen molar-refractivity contribution in [1.82, 2.24) is 4.90 Å². The minimum Gasteiger partial charge on any atom is -0.364 e. The molecule has 0 aliphatic rings. The van der Waals surface area contributed by atoms with E-state index in [9.17, 15) is 0 Å². The van der Waals surface area contributed by atoms with E-state index < -0.39 is 0 Å². The van der Waals surface area contributed by atoms with Gasteiger partial charge >= 0.3 is 0 Å². The van der Waals surface area contributed by atoms with E-state index in [0.29, 0.717) is 0 Å². The summed E-state index contributed by atoms with van der Waals surface area (Å²) in [5.74, 6) is 0. The number of hydrogen-bond acceptors (Lipinski definition) is 1. The summed E-state index contributed by atoms with van der Waals surface area (Å²) in [5.41, 5.74) is 0. The Hall–Kier alpha value is -0.530. The van der Waals surface area contributed by atoms with Crippen molar-refractivity contribution in [2.24, 2.45) is 0 Å². The first kappa shape index (κ1) is 4.47. The van der Waals surface area contributed by atoms with Crippen molar-refractivity contribution in [3.63, 3.8) is 0 Å². The van der Waals surface area contributed by atoms with E-state index in [1.54, 1.807) is 7.05 Å². The van der Waals surface area contributed by atoms with Crippen molar-refractivity contribution in [2.45, 2.75) is 0 Å². The molecule has 0 spiro atoms. The van der Waals surface area contributed by atoms with Gasteiger partial charge in [0.05, 0.1) is 6.34 Å². The molecule has 5 heavy (non-hydrogen) atoms. The Morgan fingerprint density at radius 3 is 2.20 bits per heavy atom. The minimum absolute atomic E-state index is 1.14. The third-order valence-corrected chi connectivity index (χ3v) is 0.220. The van der Waals surface area contributed by atoms with Crippen molar-refractivity contribution in [1.29, 1.82) is 5.41 Å². The zero-order chi connectivity index (χ0) is 4.28. The lowest BCUT2D eigenvalue weighted by atomic mass is 11.0. The Bertz CT molecular complexity index is 31.9. The fraction of sp³-hybridized carbons (Fsp3) is 0.333. The van der Waals surface area contributed by atoms with Gasteiger partial charge in [-0.05, 0) is 0 Å².